The van der Waals surface area contributed by atoms with Gasteiger partial charge in [-0.2, -0.15) is 0 Å². The molecule has 6 heteroatoms. The third kappa shape index (κ3) is 5.12. The zero-order chi connectivity index (χ0) is 20.1. The Morgan fingerprint density at radius 3 is 2.75 bits per heavy atom. The van der Waals surface area contributed by atoms with Crippen molar-refractivity contribution in [2.24, 2.45) is 4.99 Å². The second-order valence-corrected chi connectivity index (χ2v) is 7.52. The van der Waals surface area contributed by atoms with E-state index in [-0.39, 0.29) is 12.0 Å². The van der Waals surface area contributed by atoms with E-state index in [2.05, 4.69) is 15.6 Å². The number of aliphatic imine (C=N–C) groups is 1. The van der Waals surface area contributed by atoms with Gasteiger partial charge < -0.3 is 10.1 Å². The van der Waals surface area contributed by atoms with Gasteiger partial charge in [-0.15, -0.1) is 0 Å². The Hall–Kier alpha value is -2.37. The third-order valence-corrected chi connectivity index (χ3v) is 5.41. The van der Waals surface area contributed by atoms with Crippen molar-refractivity contribution in [3.05, 3.63) is 63.7 Å². The number of hydrogen-bond donors (Lipinski definition) is 2. The van der Waals surface area contributed by atoms with Gasteiger partial charge in [-0.25, -0.2) is 4.99 Å². The molecule has 1 heterocycles. The molecule has 2 aromatic carbocycles. The van der Waals surface area contributed by atoms with Gasteiger partial charge in [0.1, 0.15) is 0 Å². The highest BCUT2D eigenvalue weighted by molar-refractivity contribution is 6.31. The third-order valence-electron chi connectivity index (χ3n) is 5.00. The molecule has 0 aromatic heterocycles. The van der Waals surface area contributed by atoms with Crippen molar-refractivity contribution in [3.8, 4) is 0 Å². The molecule has 1 amide bonds. The summed E-state index contributed by atoms with van der Waals surface area (Å²) in [6.07, 6.45) is 2.12. The Kier molecular flexibility index (Phi) is 6.70. The largest absolute Gasteiger partial charge is 0.376 e. The van der Waals surface area contributed by atoms with Gasteiger partial charge in [0, 0.05) is 22.9 Å². The van der Waals surface area contributed by atoms with Crippen molar-refractivity contribution >= 4 is 29.2 Å². The Labute approximate surface area is 171 Å². The first kappa shape index (κ1) is 20.4. The van der Waals surface area contributed by atoms with Crippen molar-refractivity contribution in [1.29, 1.82) is 0 Å². The summed E-state index contributed by atoms with van der Waals surface area (Å²) >= 11 is 6.22. The normalized spacial score (nSPS) is 16.9. The van der Waals surface area contributed by atoms with Crippen LogP contribution in [0.5, 0.6) is 0 Å². The fourth-order valence-electron chi connectivity index (χ4n) is 3.02. The van der Waals surface area contributed by atoms with E-state index in [0.717, 1.165) is 41.8 Å². The summed E-state index contributed by atoms with van der Waals surface area (Å²) in [5, 5.41) is 6.77. The lowest BCUT2D eigenvalue weighted by Gasteiger charge is -2.15. The van der Waals surface area contributed by atoms with Gasteiger partial charge in [0.2, 0.25) is 5.96 Å². The highest BCUT2D eigenvalue weighted by Crippen LogP contribution is 2.23. The topological polar surface area (TPSA) is 62.7 Å². The summed E-state index contributed by atoms with van der Waals surface area (Å²) in [5.41, 5.74) is 4.52. The van der Waals surface area contributed by atoms with Crippen molar-refractivity contribution in [3.63, 3.8) is 0 Å². The van der Waals surface area contributed by atoms with Gasteiger partial charge in [0.15, 0.2) is 0 Å². The molecule has 28 heavy (non-hydrogen) atoms. The van der Waals surface area contributed by atoms with Gasteiger partial charge >= 0.3 is 0 Å². The molecule has 1 atom stereocenters. The molecular formula is C22H26ClN3O2. The van der Waals surface area contributed by atoms with Crippen LogP contribution in [0.25, 0.3) is 0 Å². The average Bonchev–Trinajstić information content (AvgIpc) is 3.19. The molecule has 0 spiro atoms. The highest BCUT2D eigenvalue weighted by atomic mass is 35.5. The number of guanidine groups is 1. The number of nitrogens with zero attached hydrogens (tertiary/aromatic N) is 1. The Bertz CT molecular complexity index is 889. The number of amides is 1. The van der Waals surface area contributed by atoms with Crippen LogP contribution in [0.3, 0.4) is 0 Å². The van der Waals surface area contributed by atoms with E-state index in [9.17, 15) is 4.79 Å². The first-order valence-electron chi connectivity index (χ1n) is 9.51. The van der Waals surface area contributed by atoms with Gasteiger partial charge in [-0.3, -0.25) is 10.1 Å². The van der Waals surface area contributed by atoms with E-state index in [1.807, 2.05) is 57.2 Å². The minimum Gasteiger partial charge on any atom is -0.376 e. The maximum atomic E-state index is 12.8. The second kappa shape index (κ2) is 9.22. The molecule has 3 rings (SSSR count). The van der Waals surface area contributed by atoms with Crippen LogP contribution in [0.1, 0.15) is 39.9 Å². The molecule has 2 aromatic rings. The molecule has 5 nitrogen and oxygen atoms in total. The predicted octanol–water partition coefficient (Wildman–Crippen LogP) is 4.64. The van der Waals surface area contributed by atoms with E-state index in [1.54, 1.807) is 0 Å². The van der Waals surface area contributed by atoms with Crippen molar-refractivity contribution in [1.82, 2.24) is 5.32 Å². The predicted molar refractivity (Wildman–Crippen MR) is 114 cm³/mol. The van der Waals surface area contributed by atoms with Crippen LogP contribution in [0.2, 0.25) is 5.02 Å². The number of halogens is 1. The summed E-state index contributed by atoms with van der Waals surface area (Å²) in [7, 11) is 0. The van der Waals surface area contributed by atoms with Crippen LogP contribution in [0.15, 0.2) is 41.4 Å². The summed E-state index contributed by atoms with van der Waals surface area (Å²) in [6, 6.07) is 11.2. The lowest BCUT2D eigenvalue weighted by Crippen LogP contribution is -2.37. The molecule has 148 valence electrons. The zero-order valence-corrected chi connectivity index (χ0v) is 17.3. The molecule has 1 aliphatic rings. The fourth-order valence-corrected chi connectivity index (χ4v) is 3.20. The van der Waals surface area contributed by atoms with E-state index in [1.165, 1.54) is 0 Å². The monoisotopic (exact) mass is 399 g/mol. The smallest absolute Gasteiger partial charge is 0.257 e. The van der Waals surface area contributed by atoms with Crippen LogP contribution in [0.4, 0.5) is 5.69 Å². The lowest BCUT2D eigenvalue weighted by molar-refractivity contribution is 0.0975. The molecule has 0 aliphatic carbocycles. The summed E-state index contributed by atoms with van der Waals surface area (Å²) in [5.74, 6) is 0.186. The van der Waals surface area contributed by atoms with Gasteiger partial charge in [-0.1, -0.05) is 23.7 Å². The minimum atomic E-state index is -0.207. The number of ether oxygens (including phenoxy) is 1. The molecule has 2 N–H and O–H groups in total. The molecular weight excluding hydrogens is 374 g/mol. The average molecular weight is 400 g/mol. The molecule has 0 unspecified atom stereocenters. The van der Waals surface area contributed by atoms with Gasteiger partial charge in [-0.05, 0) is 74.6 Å². The molecule has 0 bridgehead atoms. The number of hydrogen-bond acceptors (Lipinski definition) is 3. The maximum Gasteiger partial charge on any atom is 0.257 e. The summed E-state index contributed by atoms with van der Waals surface area (Å²) in [6.45, 7) is 7.20. The Morgan fingerprint density at radius 1 is 1.21 bits per heavy atom. The number of anilines is 1. The molecule has 1 aliphatic heterocycles. The van der Waals surface area contributed by atoms with Crippen LogP contribution >= 0.6 is 11.6 Å². The van der Waals surface area contributed by atoms with E-state index in [0.29, 0.717) is 23.1 Å². The molecule has 0 saturated carbocycles. The van der Waals surface area contributed by atoms with Crippen LogP contribution in [-0.4, -0.2) is 31.1 Å². The number of carbonyl (C=O) groups is 1. The lowest BCUT2D eigenvalue weighted by atomic mass is 10.1. The van der Waals surface area contributed by atoms with Crippen molar-refractivity contribution in [2.45, 2.75) is 39.7 Å². The first-order chi connectivity index (χ1) is 13.4. The van der Waals surface area contributed by atoms with Crippen molar-refractivity contribution in [2.75, 3.05) is 18.5 Å². The first-order valence-corrected chi connectivity index (χ1v) is 9.88. The molecule has 0 radical (unpaired) electrons. The minimum absolute atomic E-state index is 0.0933. The standard InChI is InChI=1S/C22H26ClN3O2/c1-14-9-10-17(12-15(14)2)21(27)26-22(24-13-18-6-5-11-28-18)25-20-8-4-7-19(23)16(20)3/h4,7-10,12,18H,5-6,11,13H2,1-3H3,(H2,24,25,26,27)/t18-/m1/s1. The SMILES string of the molecule is Cc1ccc(C(=O)NC(=NC[C@H]2CCCO2)Nc2cccc(Cl)c2C)cc1C. The number of nitrogens with one attached hydrogen (secondary N) is 2. The van der Waals surface area contributed by atoms with Crippen LogP contribution < -0.4 is 10.6 Å². The van der Waals surface area contributed by atoms with Crippen molar-refractivity contribution < 1.29 is 9.53 Å². The maximum absolute atomic E-state index is 12.8. The number of aryl methyl sites for hydroxylation is 2. The summed E-state index contributed by atoms with van der Waals surface area (Å²) in [4.78, 5) is 17.4. The van der Waals surface area contributed by atoms with Crippen LogP contribution in [-0.2, 0) is 4.74 Å². The quantitative estimate of drug-likeness (QED) is 0.581. The number of carbonyl (C=O) groups excluding carboxylic acids is 1. The van der Waals surface area contributed by atoms with Crippen LogP contribution in [0, 0.1) is 20.8 Å². The molecule has 1 fully saturated rings. The fraction of sp³-hybridized carbons (Fsp3) is 0.364. The van der Waals surface area contributed by atoms with E-state index < -0.39 is 0 Å². The van der Waals surface area contributed by atoms with E-state index in [4.69, 9.17) is 16.3 Å². The molecule has 1 saturated heterocycles. The Morgan fingerprint density at radius 2 is 2.04 bits per heavy atom. The number of rotatable bonds is 4. The number of benzene rings is 2. The van der Waals surface area contributed by atoms with E-state index >= 15 is 0 Å². The Balaban J connectivity index is 1.80. The highest BCUT2D eigenvalue weighted by Gasteiger charge is 2.17. The van der Waals surface area contributed by atoms with Gasteiger partial charge in [0.25, 0.3) is 5.91 Å². The summed E-state index contributed by atoms with van der Waals surface area (Å²) < 4.78 is 5.65. The second-order valence-electron chi connectivity index (χ2n) is 7.11. The zero-order valence-electron chi connectivity index (χ0n) is 16.5. The van der Waals surface area contributed by atoms with Gasteiger partial charge in [0.05, 0.1) is 12.6 Å².